The smallest absolute Gasteiger partial charge is 0.275 e. The van der Waals surface area contributed by atoms with Crippen molar-refractivity contribution in [3.8, 4) is 0 Å². The van der Waals surface area contributed by atoms with Crippen LogP contribution in [0.1, 0.15) is 40.6 Å². The van der Waals surface area contributed by atoms with Crippen molar-refractivity contribution in [3.05, 3.63) is 41.0 Å². The van der Waals surface area contributed by atoms with E-state index in [1.807, 2.05) is 13.0 Å². The monoisotopic (exact) mass is 340 g/mol. The van der Waals surface area contributed by atoms with Crippen molar-refractivity contribution in [1.29, 1.82) is 0 Å². The van der Waals surface area contributed by atoms with E-state index in [0.29, 0.717) is 5.76 Å². The topological polar surface area (TPSA) is 92.8 Å². The Morgan fingerprint density at radius 1 is 1.22 bits per heavy atom. The molecule has 0 fully saturated rings. The van der Waals surface area contributed by atoms with Gasteiger partial charge in [-0.1, -0.05) is 0 Å². The summed E-state index contributed by atoms with van der Waals surface area (Å²) in [5.41, 5.74) is 0.181. The van der Waals surface area contributed by atoms with E-state index in [2.05, 4.69) is 5.32 Å². The molecule has 0 aliphatic rings. The molecule has 0 spiro atoms. The molecule has 7 nitrogen and oxygen atoms in total. The highest BCUT2D eigenvalue weighted by atomic mass is 32.2. The first-order chi connectivity index (χ1) is 10.6. The molecule has 0 radical (unpaired) electrons. The molecule has 8 heteroatoms. The number of nitrogens with zero attached hydrogens (tertiary/aromatic N) is 1. The summed E-state index contributed by atoms with van der Waals surface area (Å²) in [6.07, 6.45) is 0. The second-order valence-corrected chi connectivity index (χ2v) is 7.55. The largest absolute Gasteiger partial charge is 0.464 e. The minimum Gasteiger partial charge on any atom is -0.464 e. The van der Waals surface area contributed by atoms with Gasteiger partial charge in [0.2, 0.25) is 5.09 Å². The average molecular weight is 340 g/mol. The quantitative estimate of drug-likeness (QED) is 0.901. The Bertz CT molecular complexity index is 817. The lowest BCUT2D eigenvalue weighted by atomic mass is 10.2. The van der Waals surface area contributed by atoms with Gasteiger partial charge in [-0.2, -0.15) is 0 Å². The molecule has 0 saturated carbocycles. The number of nitrogens with one attached hydrogen (secondary N) is 1. The van der Waals surface area contributed by atoms with Crippen LogP contribution in [0.25, 0.3) is 0 Å². The zero-order valence-corrected chi connectivity index (χ0v) is 14.5. The van der Waals surface area contributed by atoms with Crippen molar-refractivity contribution in [2.45, 2.75) is 31.9 Å². The Balaban J connectivity index is 2.22. The zero-order chi connectivity index (χ0) is 17.4. The summed E-state index contributed by atoms with van der Waals surface area (Å²) in [5.74, 6) is 1.19. The minimum atomic E-state index is -3.72. The van der Waals surface area contributed by atoms with Crippen LogP contribution in [-0.2, 0) is 10.0 Å². The summed E-state index contributed by atoms with van der Waals surface area (Å²) in [4.78, 5) is 12.3. The number of furan rings is 2. The number of hydrogen-bond acceptors (Lipinski definition) is 5. The predicted molar refractivity (Wildman–Crippen MR) is 83.6 cm³/mol. The van der Waals surface area contributed by atoms with Crippen molar-refractivity contribution >= 4 is 15.9 Å². The van der Waals surface area contributed by atoms with Crippen LogP contribution >= 0.6 is 0 Å². The number of carbonyl (C=O) groups excluding carboxylic acids is 1. The van der Waals surface area contributed by atoms with Crippen molar-refractivity contribution in [3.63, 3.8) is 0 Å². The van der Waals surface area contributed by atoms with Crippen LogP contribution in [0, 0.1) is 13.8 Å². The molecule has 2 heterocycles. The molecule has 2 rings (SSSR count). The minimum absolute atomic E-state index is 0.181. The number of rotatable bonds is 5. The van der Waals surface area contributed by atoms with Crippen LogP contribution in [-0.4, -0.2) is 32.7 Å². The van der Waals surface area contributed by atoms with E-state index < -0.39 is 15.9 Å². The van der Waals surface area contributed by atoms with Gasteiger partial charge in [0.15, 0.2) is 0 Å². The first-order valence-electron chi connectivity index (χ1n) is 7.03. The SMILES string of the molecule is Cc1ccc([C@H](C)NC(=O)c2cc(S(=O)(=O)N(C)C)oc2C)o1. The molecule has 2 aromatic heterocycles. The molecule has 0 aromatic carbocycles. The Labute approximate surface area is 135 Å². The second kappa shape index (κ2) is 6.21. The van der Waals surface area contributed by atoms with Crippen LogP contribution in [0.15, 0.2) is 32.1 Å². The number of amides is 1. The Hall–Kier alpha value is -2.06. The van der Waals surface area contributed by atoms with Gasteiger partial charge in [0.25, 0.3) is 15.9 Å². The van der Waals surface area contributed by atoms with Crippen LogP contribution in [0.5, 0.6) is 0 Å². The number of hydrogen-bond donors (Lipinski definition) is 1. The average Bonchev–Trinajstić information content (AvgIpc) is 3.05. The molecule has 1 atom stereocenters. The predicted octanol–water partition coefficient (Wildman–Crippen LogP) is 2.23. The van der Waals surface area contributed by atoms with Gasteiger partial charge < -0.3 is 14.2 Å². The molecule has 1 amide bonds. The molecule has 0 unspecified atom stereocenters. The van der Waals surface area contributed by atoms with Crippen LogP contribution < -0.4 is 5.32 Å². The maximum Gasteiger partial charge on any atom is 0.275 e. The highest BCUT2D eigenvalue weighted by Gasteiger charge is 2.26. The van der Waals surface area contributed by atoms with E-state index in [0.717, 1.165) is 10.1 Å². The lowest BCUT2D eigenvalue weighted by Gasteiger charge is -2.10. The molecule has 0 aliphatic carbocycles. The molecular weight excluding hydrogens is 320 g/mol. The highest BCUT2D eigenvalue weighted by Crippen LogP contribution is 2.22. The fourth-order valence-corrected chi connectivity index (χ4v) is 2.88. The molecule has 23 heavy (non-hydrogen) atoms. The summed E-state index contributed by atoms with van der Waals surface area (Å²) in [6, 6.07) is 4.48. The van der Waals surface area contributed by atoms with Gasteiger partial charge in [-0.05, 0) is 32.9 Å². The fourth-order valence-electron chi connectivity index (χ4n) is 2.02. The highest BCUT2D eigenvalue weighted by molar-refractivity contribution is 7.88. The van der Waals surface area contributed by atoms with Gasteiger partial charge in [-0.3, -0.25) is 4.79 Å². The number of carbonyl (C=O) groups is 1. The molecule has 0 bridgehead atoms. The van der Waals surface area contributed by atoms with E-state index in [-0.39, 0.29) is 22.5 Å². The first-order valence-corrected chi connectivity index (χ1v) is 8.47. The molecule has 1 N–H and O–H groups in total. The van der Waals surface area contributed by atoms with Crippen molar-refractivity contribution in [2.75, 3.05) is 14.1 Å². The van der Waals surface area contributed by atoms with Gasteiger partial charge in [-0.25, -0.2) is 12.7 Å². The summed E-state index contributed by atoms with van der Waals surface area (Å²) < 4.78 is 35.8. The van der Waals surface area contributed by atoms with Gasteiger partial charge in [0, 0.05) is 20.2 Å². The summed E-state index contributed by atoms with van der Waals surface area (Å²) >= 11 is 0. The van der Waals surface area contributed by atoms with E-state index in [4.69, 9.17) is 8.83 Å². The van der Waals surface area contributed by atoms with E-state index in [9.17, 15) is 13.2 Å². The summed E-state index contributed by atoms with van der Waals surface area (Å²) in [6.45, 7) is 5.14. The maximum atomic E-state index is 12.3. The summed E-state index contributed by atoms with van der Waals surface area (Å²) in [5, 5.41) is 2.50. The van der Waals surface area contributed by atoms with E-state index in [1.165, 1.54) is 20.2 Å². The Morgan fingerprint density at radius 3 is 2.39 bits per heavy atom. The third-order valence-corrected chi connectivity index (χ3v) is 5.08. The van der Waals surface area contributed by atoms with Crippen LogP contribution in [0.4, 0.5) is 0 Å². The third kappa shape index (κ3) is 3.48. The standard InChI is InChI=1S/C15H20N2O5S/c1-9-6-7-13(21-9)10(2)16-15(18)12-8-14(22-11(12)3)23(19,20)17(4)5/h6-8,10H,1-5H3,(H,16,18)/t10-/m0/s1. The van der Waals surface area contributed by atoms with Crippen LogP contribution in [0.3, 0.4) is 0 Å². The van der Waals surface area contributed by atoms with Crippen molar-refractivity contribution in [2.24, 2.45) is 0 Å². The van der Waals surface area contributed by atoms with Gasteiger partial charge in [0.05, 0.1) is 11.6 Å². The van der Waals surface area contributed by atoms with Gasteiger partial charge >= 0.3 is 0 Å². The van der Waals surface area contributed by atoms with Crippen LogP contribution in [0.2, 0.25) is 0 Å². The Kier molecular flexibility index (Phi) is 4.67. The lowest BCUT2D eigenvalue weighted by Crippen LogP contribution is -2.26. The second-order valence-electron chi connectivity index (χ2n) is 5.47. The molecule has 2 aromatic rings. The lowest BCUT2D eigenvalue weighted by molar-refractivity contribution is 0.0933. The number of sulfonamides is 1. The first kappa shape index (κ1) is 17.3. The molecule has 0 aliphatic heterocycles. The summed E-state index contributed by atoms with van der Waals surface area (Å²) in [7, 11) is -0.927. The third-order valence-electron chi connectivity index (χ3n) is 3.41. The van der Waals surface area contributed by atoms with Crippen molar-refractivity contribution in [1.82, 2.24) is 9.62 Å². The van der Waals surface area contributed by atoms with E-state index >= 15 is 0 Å². The van der Waals surface area contributed by atoms with Crippen molar-refractivity contribution < 1.29 is 22.0 Å². The maximum absolute atomic E-state index is 12.3. The van der Waals surface area contributed by atoms with Gasteiger partial charge in [0.1, 0.15) is 17.3 Å². The molecule has 126 valence electrons. The molecule has 0 saturated heterocycles. The van der Waals surface area contributed by atoms with E-state index in [1.54, 1.807) is 19.9 Å². The molecular formula is C15H20N2O5S. The fraction of sp³-hybridized carbons (Fsp3) is 0.400. The normalized spacial score (nSPS) is 13.3. The Morgan fingerprint density at radius 2 is 1.87 bits per heavy atom. The zero-order valence-electron chi connectivity index (χ0n) is 13.7. The van der Waals surface area contributed by atoms with Gasteiger partial charge in [-0.15, -0.1) is 0 Å². The number of aryl methyl sites for hydroxylation is 2.